The molecule has 0 aromatic heterocycles. The summed E-state index contributed by atoms with van der Waals surface area (Å²) in [6.07, 6.45) is 2.51. The van der Waals surface area contributed by atoms with Crippen molar-refractivity contribution in [2.45, 2.75) is 96.8 Å². The van der Waals surface area contributed by atoms with Crippen molar-refractivity contribution in [3.8, 4) is 0 Å². The van der Waals surface area contributed by atoms with Crippen LogP contribution >= 0.6 is 22.6 Å². The number of alkyl halides is 1. The van der Waals surface area contributed by atoms with Crippen LogP contribution in [0.5, 0.6) is 0 Å². The minimum atomic E-state index is -1.69. The average Bonchev–Trinajstić information content (AvgIpc) is 2.25. The van der Waals surface area contributed by atoms with Crippen LogP contribution in [0.3, 0.4) is 0 Å². The first-order valence-electron chi connectivity index (χ1n) is 8.52. The molecule has 0 saturated carbocycles. The van der Waals surface area contributed by atoms with E-state index in [9.17, 15) is 0 Å². The molecule has 0 amide bonds. The van der Waals surface area contributed by atoms with Gasteiger partial charge in [-0.25, -0.2) is 0 Å². The molecule has 0 fully saturated rings. The lowest BCUT2D eigenvalue weighted by Crippen LogP contribution is -2.45. The van der Waals surface area contributed by atoms with Gasteiger partial charge in [-0.2, -0.15) is 0 Å². The Hall–Kier alpha value is 1.08. The van der Waals surface area contributed by atoms with Crippen LogP contribution in [0.2, 0.25) is 36.3 Å². The molecule has 5 heteroatoms. The Bertz CT molecular complexity index is 331. The topological polar surface area (TPSA) is 18.5 Å². The lowest BCUT2D eigenvalue weighted by Gasteiger charge is -2.40. The van der Waals surface area contributed by atoms with Crippen molar-refractivity contribution >= 4 is 39.2 Å². The number of hydrogen-bond acceptors (Lipinski definition) is 2. The maximum Gasteiger partial charge on any atom is 0.192 e. The van der Waals surface area contributed by atoms with Gasteiger partial charge < -0.3 is 8.85 Å². The molecule has 0 aliphatic heterocycles. The van der Waals surface area contributed by atoms with Gasteiger partial charge in [-0.1, -0.05) is 64.1 Å². The third-order valence-electron chi connectivity index (χ3n) is 5.41. The normalized spacial score (nSPS) is 16.0. The van der Waals surface area contributed by atoms with E-state index in [2.05, 4.69) is 90.3 Å². The van der Waals surface area contributed by atoms with Crippen molar-refractivity contribution in [3.05, 3.63) is 0 Å². The van der Waals surface area contributed by atoms with E-state index < -0.39 is 16.6 Å². The monoisotopic (exact) mass is 458 g/mol. The average molecular weight is 459 g/mol. The Labute approximate surface area is 155 Å². The van der Waals surface area contributed by atoms with Gasteiger partial charge in [0.25, 0.3) is 0 Å². The summed E-state index contributed by atoms with van der Waals surface area (Å²) in [7, 11) is -3.32. The van der Waals surface area contributed by atoms with E-state index in [-0.39, 0.29) is 10.1 Å². The van der Waals surface area contributed by atoms with E-state index in [0.29, 0.717) is 6.10 Å². The fourth-order valence-electron chi connectivity index (χ4n) is 1.64. The molecule has 0 heterocycles. The molecule has 0 aromatic rings. The van der Waals surface area contributed by atoms with Gasteiger partial charge in [-0.3, -0.25) is 0 Å². The standard InChI is InChI=1S/C17H39IO2Si2/c1-16(2,3)21(7,8)19-14-12-15(11-13-18)20-22(9,10)17(4,5)6/h15H,11-14H2,1-10H3/t15-/m1/s1. The third kappa shape index (κ3) is 7.32. The second kappa shape index (κ2) is 8.45. The zero-order valence-electron chi connectivity index (χ0n) is 16.6. The number of halogens is 1. The molecular formula is C17H39IO2Si2. The maximum absolute atomic E-state index is 6.61. The van der Waals surface area contributed by atoms with Crippen LogP contribution in [0.4, 0.5) is 0 Å². The highest BCUT2D eigenvalue weighted by atomic mass is 127. The summed E-state index contributed by atoms with van der Waals surface area (Å²) in [5.41, 5.74) is 0. The van der Waals surface area contributed by atoms with Crippen molar-refractivity contribution in [1.82, 2.24) is 0 Å². The lowest BCUT2D eigenvalue weighted by atomic mass is 10.2. The minimum Gasteiger partial charge on any atom is -0.417 e. The van der Waals surface area contributed by atoms with Gasteiger partial charge in [0.2, 0.25) is 0 Å². The highest BCUT2D eigenvalue weighted by Crippen LogP contribution is 2.39. The minimum absolute atomic E-state index is 0.275. The van der Waals surface area contributed by atoms with Gasteiger partial charge in [0.05, 0.1) is 0 Å². The zero-order chi connectivity index (χ0) is 17.8. The van der Waals surface area contributed by atoms with E-state index in [0.717, 1.165) is 23.9 Å². The van der Waals surface area contributed by atoms with Crippen molar-refractivity contribution < 1.29 is 8.85 Å². The largest absolute Gasteiger partial charge is 0.417 e. The highest BCUT2D eigenvalue weighted by molar-refractivity contribution is 14.1. The van der Waals surface area contributed by atoms with Gasteiger partial charge in [-0.15, -0.1) is 0 Å². The highest BCUT2D eigenvalue weighted by Gasteiger charge is 2.40. The van der Waals surface area contributed by atoms with Crippen molar-refractivity contribution in [2.24, 2.45) is 0 Å². The fourth-order valence-corrected chi connectivity index (χ4v) is 4.82. The Kier molecular flexibility index (Phi) is 8.87. The molecule has 0 saturated heterocycles. The molecule has 134 valence electrons. The summed E-state index contributed by atoms with van der Waals surface area (Å²) in [6.45, 7) is 24.0. The van der Waals surface area contributed by atoms with E-state index in [1.165, 1.54) is 0 Å². The van der Waals surface area contributed by atoms with Gasteiger partial charge >= 0.3 is 0 Å². The van der Waals surface area contributed by atoms with Crippen LogP contribution in [-0.2, 0) is 8.85 Å². The fraction of sp³-hybridized carbons (Fsp3) is 1.00. The first-order chi connectivity index (χ1) is 9.64. The van der Waals surface area contributed by atoms with Crippen LogP contribution in [0, 0.1) is 0 Å². The second-order valence-electron chi connectivity index (χ2n) is 9.38. The SMILES string of the molecule is CC(C)(C)[Si](C)(C)OCC[C@@H](CCI)O[Si](C)(C)C(C)(C)C. The Morgan fingerprint density at radius 2 is 1.27 bits per heavy atom. The smallest absolute Gasteiger partial charge is 0.192 e. The van der Waals surface area contributed by atoms with Crippen LogP contribution in [0.15, 0.2) is 0 Å². The van der Waals surface area contributed by atoms with Gasteiger partial charge in [0.15, 0.2) is 16.6 Å². The summed E-state index contributed by atoms with van der Waals surface area (Å²) in [4.78, 5) is 0. The lowest BCUT2D eigenvalue weighted by molar-refractivity contribution is 0.139. The van der Waals surface area contributed by atoms with Crippen LogP contribution in [0.25, 0.3) is 0 Å². The van der Waals surface area contributed by atoms with E-state index in [4.69, 9.17) is 8.85 Å². The summed E-state index contributed by atoms with van der Waals surface area (Å²) in [6, 6.07) is 0. The molecule has 0 unspecified atom stereocenters. The first-order valence-corrected chi connectivity index (χ1v) is 15.9. The molecule has 0 aromatic carbocycles. The Morgan fingerprint density at radius 1 is 0.818 bits per heavy atom. The van der Waals surface area contributed by atoms with E-state index >= 15 is 0 Å². The summed E-state index contributed by atoms with van der Waals surface area (Å²) in [5.74, 6) is 0. The van der Waals surface area contributed by atoms with E-state index in [1.54, 1.807) is 0 Å². The predicted molar refractivity (Wildman–Crippen MR) is 113 cm³/mol. The molecule has 0 spiro atoms. The Balaban J connectivity index is 4.62. The third-order valence-corrected chi connectivity index (χ3v) is 15.1. The number of rotatable bonds is 8. The van der Waals surface area contributed by atoms with Crippen molar-refractivity contribution in [2.75, 3.05) is 11.0 Å². The molecule has 0 aliphatic carbocycles. The summed E-state index contributed by atoms with van der Waals surface area (Å²) < 4.78 is 14.1. The molecule has 0 aliphatic rings. The second-order valence-corrected chi connectivity index (χ2v) is 20.0. The summed E-state index contributed by atoms with van der Waals surface area (Å²) >= 11 is 2.46. The molecule has 0 radical (unpaired) electrons. The molecule has 22 heavy (non-hydrogen) atoms. The number of hydrogen-bond donors (Lipinski definition) is 0. The van der Waals surface area contributed by atoms with Gasteiger partial charge in [0.1, 0.15) is 0 Å². The van der Waals surface area contributed by atoms with Crippen LogP contribution < -0.4 is 0 Å². The molecule has 0 rings (SSSR count). The molecule has 2 nitrogen and oxygen atoms in total. The van der Waals surface area contributed by atoms with E-state index in [1.807, 2.05) is 0 Å². The summed E-state index contributed by atoms with van der Waals surface area (Å²) in [5, 5.41) is 0.558. The predicted octanol–water partition coefficient (Wildman–Crippen LogP) is 6.61. The molecular weight excluding hydrogens is 419 g/mol. The quantitative estimate of drug-likeness (QED) is 0.231. The molecule has 0 bridgehead atoms. The van der Waals surface area contributed by atoms with Crippen molar-refractivity contribution in [3.63, 3.8) is 0 Å². The van der Waals surface area contributed by atoms with Crippen molar-refractivity contribution in [1.29, 1.82) is 0 Å². The molecule has 1 atom stereocenters. The van der Waals surface area contributed by atoms with Crippen LogP contribution in [0.1, 0.15) is 54.4 Å². The van der Waals surface area contributed by atoms with Gasteiger partial charge in [-0.05, 0) is 49.1 Å². The zero-order valence-corrected chi connectivity index (χ0v) is 20.8. The Morgan fingerprint density at radius 3 is 1.64 bits per heavy atom. The molecule has 0 N–H and O–H groups in total. The van der Waals surface area contributed by atoms with Crippen LogP contribution in [-0.4, -0.2) is 33.8 Å². The maximum atomic E-state index is 6.61. The van der Waals surface area contributed by atoms with Gasteiger partial charge in [0, 0.05) is 17.1 Å². The first kappa shape index (κ1) is 23.1.